The lowest BCUT2D eigenvalue weighted by atomic mass is 9.99. The van der Waals surface area contributed by atoms with Gasteiger partial charge < -0.3 is 19.9 Å². The van der Waals surface area contributed by atoms with E-state index in [1.807, 2.05) is 31.2 Å². The highest BCUT2D eigenvalue weighted by Gasteiger charge is 2.30. The van der Waals surface area contributed by atoms with Crippen molar-refractivity contribution in [1.82, 2.24) is 0 Å². The molecule has 0 saturated carbocycles. The number of para-hydroxylation sites is 1. The van der Waals surface area contributed by atoms with Gasteiger partial charge >= 0.3 is 0 Å². The number of methoxy groups -OCH3 is 1. The molecule has 1 aromatic carbocycles. The van der Waals surface area contributed by atoms with E-state index in [4.69, 9.17) is 19.9 Å². The molecule has 0 amide bonds. The monoisotopic (exact) mass is 293 g/mol. The number of rotatable bonds is 5. The summed E-state index contributed by atoms with van der Waals surface area (Å²) in [5, 5.41) is 0. The molecule has 1 saturated heterocycles. The van der Waals surface area contributed by atoms with Crippen molar-refractivity contribution in [3.63, 3.8) is 0 Å². The lowest BCUT2D eigenvalue weighted by Crippen LogP contribution is -2.38. The molecule has 2 rings (SSSR count). The molecule has 4 nitrogen and oxygen atoms in total. The van der Waals surface area contributed by atoms with Gasteiger partial charge in [-0.25, -0.2) is 0 Å². The first-order chi connectivity index (χ1) is 10.0. The third-order valence-electron chi connectivity index (χ3n) is 3.92. The minimum absolute atomic E-state index is 0.102. The van der Waals surface area contributed by atoms with E-state index in [-0.39, 0.29) is 30.5 Å². The van der Waals surface area contributed by atoms with Crippen molar-refractivity contribution >= 4 is 0 Å². The second kappa shape index (κ2) is 7.25. The van der Waals surface area contributed by atoms with Crippen molar-refractivity contribution in [1.29, 1.82) is 0 Å². The average molecular weight is 293 g/mol. The van der Waals surface area contributed by atoms with E-state index in [0.717, 1.165) is 24.2 Å². The fourth-order valence-corrected chi connectivity index (χ4v) is 3.04. The van der Waals surface area contributed by atoms with Crippen molar-refractivity contribution < 1.29 is 14.2 Å². The molecular formula is C17H27NO3. The highest BCUT2D eigenvalue weighted by Crippen LogP contribution is 2.33. The molecule has 4 unspecified atom stereocenters. The Morgan fingerprint density at radius 2 is 1.81 bits per heavy atom. The minimum Gasteiger partial charge on any atom is -0.496 e. The molecule has 118 valence electrons. The SMILES string of the molecule is COc1ccccc1C(OC1CC(C)OC(C)C1)C(C)N. The zero-order chi connectivity index (χ0) is 15.4. The number of ether oxygens (including phenoxy) is 3. The van der Waals surface area contributed by atoms with Crippen molar-refractivity contribution in [3.05, 3.63) is 29.8 Å². The van der Waals surface area contributed by atoms with E-state index in [0.29, 0.717) is 0 Å². The molecule has 1 aliphatic heterocycles. The van der Waals surface area contributed by atoms with E-state index < -0.39 is 0 Å². The Bertz CT molecular complexity index is 439. The highest BCUT2D eigenvalue weighted by atomic mass is 16.5. The van der Waals surface area contributed by atoms with Crippen molar-refractivity contribution in [2.75, 3.05) is 7.11 Å². The third kappa shape index (κ3) is 4.19. The molecule has 1 fully saturated rings. The standard InChI is InChI=1S/C17H27NO3/c1-11-9-14(10-12(2)20-11)21-17(13(3)18)15-7-5-6-8-16(15)19-4/h5-8,11-14,17H,9-10,18H2,1-4H3. The lowest BCUT2D eigenvalue weighted by molar-refractivity contribution is -0.126. The minimum atomic E-state index is -0.163. The molecule has 1 aliphatic rings. The molecule has 0 aliphatic carbocycles. The molecule has 21 heavy (non-hydrogen) atoms. The summed E-state index contributed by atoms with van der Waals surface area (Å²) in [6.07, 6.45) is 2.27. The Balaban J connectivity index is 2.16. The fourth-order valence-electron chi connectivity index (χ4n) is 3.04. The van der Waals surface area contributed by atoms with Gasteiger partial charge in [0.05, 0.1) is 25.4 Å². The third-order valence-corrected chi connectivity index (χ3v) is 3.92. The van der Waals surface area contributed by atoms with Crippen LogP contribution in [-0.4, -0.2) is 31.5 Å². The van der Waals surface area contributed by atoms with Gasteiger partial charge in [0.1, 0.15) is 11.9 Å². The summed E-state index contributed by atoms with van der Waals surface area (Å²) in [5.41, 5.74) is 7.18. The van der Waals surface area contributed by atoms with Crippen LogP contribution < -0.4 is 10.5 Å². The first-order valence-electron chi connectivity index (χ1n) is 7.70. The lowest BCUT2D eigenvalue weighted by Gasteiger charge is -2.35. The Morgan fingerprint density at radius 3 is 2.38 bits per heavy atom. The van der Waals surface area contributed by atoms with Gasteiger partial charge in [-0.15, -0.1) is 0 Å². The quantitative estimate of drug-likeness (QED) is 0.906. The number of hydrogen-bond donors (Lipinski definition) is 1. The van der Waals surface area contributed by atoms with Gasteiger partial charge in [0.2, 0.25) is 0 Å². The summed E-state index contributed by atoms with van der Waals surface area (Å²) in [5.74, 6) is 0.827. The maximum atomic E-state index is 6.34. The van der Waals surface area contributed by atoms with Gasteiger partial charge in [0, 0.05) is 11.6 Å². The molecule has 4 atom stereocenters. The molecular weight excluding hydrogens is 266 g/mol. The molecule has 2 N–H and O–H groups in total. The molecule has 0 radical (unpaired) electrons. The van der Waals surface area contributed by atoms with Crippen LogP contribution in [0.5, 0.6) is 5.75 Å². The van der Waals surface area contributed by atoms with E-state index >= 15 is 0 Å². The first kappa shape index (κ1) is 16.3. The fraction of sp³-hybridized carbons (Fsp3) is 0.647. The van der Waals surface area contributed by atoms with Crippen LogP contribution in [0.3, 0.4) is 0 Å². The predicted octanol–water partition coefficient (Wildman–Crippen LogP) is 3.06. The van der Waals surface area contributed by atoms with Crippen LogP contribution >= 0.6 is 0 Å². The molecule has 0 bridgehead atoms. The van der Waals surface area contributed by atoms with Crippen molar-refractivity contribution in [2.45, 2.75) is 64.1 Å². The second-order valence-electron chi connectivity index (χ2n) is 6.01. The summed E-state index contributed by atoms with van der Waals surface area (Å²) in [7, 11) is 1.68. The maximum absolute atomic E-state index is 6.34. The van der Waals surface area contributed by atoms with E-state index in [1.165, 1.54) is 0 Å². The van der Waals surface area contributed by atoms with E-state index in [9.17, 15) is 0 Å². The van der Waals surface area contributed by atoms with Crippen LogP contribution in [0, 0.1) is 0 Å². The number of benzene rings is 1. The molecule has 1 heterocycles. The summed E-state index contributed by atoms with van der Waals surface area (Å²) < 4.78 is 17.6. The van der Waals surface area contributed by atoms with Crippen LogP contribution in [0.2, 0.25) is 0 Å². The molecule has 1 aromatic rings. The number of nitrogens with two attached hydrogens (primary N) is 1. The summed E-state index contributed by atoms with van der Waals surface area (Å²) >= 11 is 0. The van der Waals surface area contributed by atoms with Gasteiger partial charge in [0.15, 0.2) is 0 Å². The van der Waals surface area contributed by atoms with Crippen LogP contribution in [0.25, 0.3) is 0 Å². The predicted molar refractivity (Wildman–Crippen MR) is 83.5 cm³/mol. The summed E-state index contributed by atoms with van der Waals surface area (Å²) in [6.45, 7) is 6.16. The summed E-state index contributed by atoms with van der Waals surface area (Å²) in [4.78, 5) is 0. The van der Waals surface area contributed by atoms with E-state index in [2.05, 4.69) is 13.8 Å². The van der Waals surface area contributed by atoms with Crippen molar-refractivity contribution in [2.24, 2.45) is 5.73 Å². The topological polar surface area (TPSA) is 53.7 Å². The molecule has 4 heteroatoms. The van der Waals surface area contributed by atoms with Crippen LogP contribution in [-0.2, 0) is 9.47 Å². The van der Waals surface area contributed by atoms with Gasteiger partial charge in [-0.05, 0) is 39.7 Å². The van der Waals surface area contributed by atoms with Crippen molar-refractivity contribution in [3.8, 4) is 5.75 Å². The second-order valence-corrected chi connectivity index (χ2v) is 6.01. The Hall–Kier alpha value is -1.10. The average Bonchev–Trinajstić information content (AvgIpc) is 2.43. The highest BCUT2D eigenvalue weighted by molar-refractivity contribution is 5.35. The zero-order valence-electron chi connectivity index (χ0n) is 13.4. The van der Waals surface area contributed by atoms with Gasteiger partial charge in [-0.1, -0.05) is 18.2 Å². The number of hydrogen-bond acceptors (Lipinski definition) is 4. The van der Waals surface area contributed by atoms with Crippen LogP contribution in [0.15, 0.2) is 24.3 Å². The normalized spacial score (nSPS) is 28.9. The van der Waals surface area contributed by atoms with Gasteiger partial charge in [-0.2, -0.15) is 0 Å². The van der Waals surface area contributed by atoms with Gasteiger partial charge in [0.25, 0.3) is 0 Å². The van der Waals surface area contributed by atoms with Gasteiger partial charge in [-0.3, -0.25) is 0 Å². The Morgan fingerprint density at radius 1 is 1.19 bits per heavy atom. The molecule has 0 spiro atoms. The molecule has 0 aromatic heterocycles. The maximum Gasteiger partial charge on any atom is 0.124 e. The smallest absolute Gasteiger partial charge is 0.124 e. The first-order valence-corrected chi connectivity index (χ1v) is 7.70. The largest absolute Gasteiger partial charge is 0.496 e. The van der Waals surface area contributed by atoms with Crippen LogP contribution in [0.4, 0.5) is 0 Å². The van der Waals surface area contributed by atoms with Crippen LogP contribution in [0.1, 0.15) is 45.3 Å². The zero-order valence-corrected chi connectivity index (χ0v) is 13.4. The summed E-state index contributed by atoms with van der Waals surface area (Å²) in [6, 6.07) is 7.82. The van der Waals surface area contributed by atoms with E-state index in [1.54, 1.807) is 7.11 Å². The Kier molecular flexibility index (Phi) is 5.62. The Labute approximate surface area is 127 Å².